The smallest absolute Gasteiger partial charge is 0.335 e. The largest absolute Gasteiger partial charge is 0.478 e. The molecule has 2 bridgehead atoms. The monoisotopic (exact) mass is 356 g/mol. The molecule has 4 nitrogen and oxygen atoms in total. The topological polar surface area (TPSA) is 66.8 Å². The first-order valence-corrected chi connectivity index (χ1v) is 9.60. The van der Waals surface area contributed by atoms with Gasteiger partial charge >= 0.3 is 5.97 Å². The van der Waals surface area contributed by atoms with E-state index in [1.54, 1.807) is 18.2 Å². The van der Waals surface area contributed by atoms with Crippen molar-refractivity contribution in [1.82, 2.24) is 0 Å². The molecular weight excluding hydrogens is 328 g/mol. The van der Waals surface area contributed by atoms with Crippen molar-refractivity contribution in [2.45, 2.75) is 57.3 Å². The van der Waals surface area contributed by atoms with Crippen molar-refractivity contribution in [3.63, 3.8) is 0 Å². The molecule has 3 rings (SSSR count). The number of ether oxygens (including phenoxy) is 1. The summed E-state index contributed by atoms with van der Waals surface area (Å²) in [6.07, 6.45) is 13.3. The molecule has 1 unspecified atom stereocenters. The quantitative estimate of drug-likeness (QED) is 0.682. The van der Waals surface area contributed by atoms with Gasteiger partial charge in [0, 0.05) is 5.92 Å². The summed E-state index contributed by atoms with van der Waals surface area (Å²) in [4.78, 5) is 11.1. The Labute approximate surface area is 155 Å². The van der Waals surface area contributed by atoms with E-state index in [1.807, 2.05) is 18.2 Å². The number of carboxylic acid groups (broad SMARTS) is 1. The maximum Gasteiger partial charge on any atom is 0.335 e. The molecule has 2 aliphatic heterocycles. The van der Waals surface area contributed by atoms with E-state index in [-0.39, 0.29) is 12.2 Å². The van der Waals surface area contributed by atoms with Crippen molar-refractivity contribution >= 4 is 12.0 Å². The van der Waals surface area contributed by atoms with Crippen LogP contribution in [-0.2, 0) is 4.74 Å². The van der Waals surface area contributed by atoms with Gasteiger partial charge < -0.3 is 14.9 Å². The number of hydrogen-bond acceptors (Lipinski definition) is 3. The molecule has 2 saturated heterocycles. The summed E-state index contributed by atoms with van der Waals surface area (Å²) in [6, 6.07) is 6.98. The summed E-state index contributed by atoms with van der Waals surface area (Å²) < 4.78 is 6.10. The van der Waals surface area contributed by atoms with Gasteiger partial charge in [0.05, 0.1) is 23.9 Å². The number of hydrogen-bond donors (Lipinski definition) is 2. The number of aromatic carboxylic acids is 1. The first-order chi connectivity index (χ1) is 12.6. The minimum atomic E-state index is -0.905. The van der Waals surface area contributed by atoms with E-state index in [2.05, 4.69) is 19.1 Å². The molecule has 1 aromatic carbocycles. The second-order valence-electron chi connectivity index (χ2n) is 7.34. The van der Waals surface area contributed by atoms with Gasteiger partial charge in [0.2, 0.25) is 0 Å². The van der Waals surface area contributed by atoms with Gasteiger partial charge in [0.15, 0.2) is 0 Å². The second-order valence-corrected chi connectivity index (χ2v) is 7.34. The predicted molar refractivity (Wildman–Crippen MR) is 102 cm³/mol. The molecule has 2 heterocycles. The van der Waals surface area contributed by atoms with E-state index in [1.165, 1.54) is 0 Å². The minimum absolute atomic E-state index is 0.277. The summed E-state index contributed by atoms with van der Waals surface area (Å²) in [5, 5.41) is 19.1. The van der Waals surface area contributed by atoms with E-state index >= 15 is 0 Å². The molecule has 2 aliphatic rings. The fraction of sp³-hybridized carbons (Fsp3) is 0.500. The number of aliphatic hydroxyl groups is 1. The number of allylic oxidation sites excluding steroid dienone is 1. The van der Waals surface area contributed by atoms with E-state index in [4.69, 9.17) is 9.84 Å². The van der Waals surface area contributed by atoms with E-state index in [0.29, 0.717) is 23.5 Å². The molecule has 0 amide bonds. The Morgan fingerprint density at radius 1 is 1.35 bits per heavy atom. The van der Waals surface area contributed by atoms with Crippen LogP contribution >= 0.6 is 0 Å². The zero-order valence-corrected chi connectivity index (χ0v) is 15.3. The summed E-state index contributed by atoms with van der Waals surface area (Å²) >= 11 is 0. The Morgan fingerprint density at radius 2 is 2.15 bits per heavy atom. The molecule has 2 N–H and O–H groups in total. The summed E-state index contributed by atoms with van der Waals surface area (Å²) in [5.41, 5.74) is 1.21. The molecule has 0 spiro atoms. The summed E-state index contributed by atoms with van der Waals surface area (Å²) in [7, 11) is 0. The predicted octanol–water partition coefficient (Wildman–Crippen LogP) is 4.30. The van der Waals surface area contributed by atoms with Gasteiger partial charge in [0.1, 0.15) is 0 Å². The van der Waals surface area contributed by atoms with Crippen molar-refractivity contribution in [3.8, 4) is 0 Å². The van der Waals surface area contributed by atoms with Crippen LogP contribution in [0.2, 0.25) is 0 Å². The van der Waals surface area contributed by atoms with Crippen LogP contribution in [0.15, 0.2) is 42.5 Å². The van der Waals surface area contributed by atoms with Crippen LogP contribution in [0.5, 0.6) is 0 Å². The fourth-order valence-corrected chi connectivity index (χ4v) is 4.17. The van der Waals surface area contributed by atoms with Crippen molar-refractivity contribution in [3.05, 3.63) is 53.6 Å². The lowest BCUT2D eigenvalue weighted by Gasteiger charge is -2.25. The summed E-state index contributed by atoms with van der Waals surface area (Å²) in [6.45, 7) is 2.07. The number of fused-ring (bicyclic) bond motifs is 2. The Hall–Kier alpha value is -1.91. The fourth-order valence-electron chi connectivity index (χ4n) is 4.17. The highest BCUT2D eigenvalue weighted by Crippen LogP contribution is 2.45. The lowest BCUT2D eigenvalue weighted by atomic mass is 9.77. The molecule has 0 aromatic heterocycles. The van der Waals surface area contributed by atoms with Gasteiger partial charge in [-0.05, 0) is 49.3 Å². The van der Waals surface area contributed by atoms with Crippen LogP contribution in [0.3, 0.4) is 0 Å². The molecule has 5 atom stereocenters. The van der Waals surface area contributed by atoms with Crippen molar-refractivity contribution < 1.29 is 19.7 Å². The van der Waals surface area contributed by atoms with Gasteiger partial charge in [-0.25, -0.2) is 4.79 Å². The van der Waals surface area contributed by atoms with Crippen LogP contribution in [0.1, 0.15) is 54.9 Å². The van der Waals surface area contributed by atoms with E-state index in [9.17, 15) is 9.90 Å². The first kappa shape index (κ1) is 18.9. The average Bonchev–Trinajstić information content (AvgIpc) is 3.22. The number of benzene rings is 1. The number of carboxylic acids is 1. The summed E-state index contributed by atoms with van der Waals surface area (Å²) in [5.74, 6) is -0.120. The van der Waals surface area contributed by atoms with Gasteiger partial charge in [-0.1, -0.05) is 49.8 Å². The van der Waals surface area contributed by atoms with Crippen molar-refractivity contribution in [1.29, 1.82) is 0 Å². The molecule has 26 heavy (non-hydrogen) atoms. The molecule has 0 radical (unpaired) electrons. The molecule has 2 fully saturated rings. The normalized spacial score (nSPS) is 29.0. The number of aliphatic hydroxyl groups excluding tert-OH is 1. The lowest BCUT2D eigenvalue weighted by Crippen LogP contribution is -2.25. The molecular formula is C22H28O4. The van der Waals surface area contributed by atoms with Crippen LogP contribution in [0.4, 0.5) is 0 Å². The van der Waals surface area contributed by atoms with Crippen LogP contribution in [-0.4, -0.2) is 34.5 Å². The zero-order valence-electron chi connectivity index (χ0n) is 15.3. The van der Waals surface area contributed by atoms with Crippen molar-refractivity contribution in [2.75, 3.05) is 0 Å². The van der Waals surface area contributed by atoms with Crippen LogP contribution in [0.25, 0.3) is 6.08 Å². The third-order valence-electron chi connectivity index (χ3n) is 5.48. The Bertz CT molecular complexity index is 678. The standard InChI is InChI=1S/C22H28O4/c1-2-5-17(23)10-11-19-18(20-12-13-21(19)26-20)9-4-7-15-6-3-8-16(14-15)22(24)25/h3-4,6-8,10-11,14,17-21,23H,2,5,9,12-13H2,1H3,(H,24,25)/b7-4+,11-10?/t17?,18-,19+,20-,21+/m0/s1. The highest BCUT2D eigenvalue weighted by atomic mass is 16.5. The Balaban J connectivity index is 1.64. The highest BCUT2D eigenvalue weighted by Gasteiger charge is 2.46. The molecule has 0 saturated carbocycles. The SMILES string of the molecule is CCCC(O)C=C[C@@H]1[C@H](C/C=C/c2cccc(C(=O)O)c2)[C@@H]2CC[C@H]1O2. The maximum atomic E-state index is 11.1. The lowest BCUT2D eigenvalue weighted by molar-refractivity contribution is 0.0696. The zero-order chi connectivity index (χ0) is 18.5. The van der Waals surface area contributed by atoms with E-state index in [0.717, 1.165) is 37.7 Å². The Kier molecular flexibility index (Phi) is 6.28. The van der Waals surface area contributed by atoms with Gasteiger partial charge in [0.25, 0.3) is 0 Å². The Morgan fingerprint density at radius 3 is 2.92 bits per heavy atom. The molecule has 0 aliphatic carbocycles. The second kappa shape index (κ2) is 8.65. The first-order valence-electron chi connectivity index (χ1n) is 9.60. The minimum Gasteiger partial charge on any atom is -0.478 e. The van der Waals surface area contributed by atoms with E-state index < -0.39 is 5.97 Å². The molecule has 140 valence electrons. The highest BCUT2D eigenvalue weighted by molar-refractivity contribution is 5.88. The number of carbonyl (C=O) groups is 1. The van der Waals surface area contributed by atoms with Crippen molar-refractivity contribution in [2.24, 2.45) is 11.8 Å². The molecule has 1 aromatic rings. The van der Waals surface area contributed by atoms with Crippen LogP contribution in [0, 0.1) is 11.8 Å². The third kappa shape index (κ3) is 4.43. The molecule has 4 heteroatoms. The van der Waals surface area contributed by atoms with Gasteiger partial charge in [-0.3, -0.25) is 0 Å². The van der Waals surface area contributed by atoms with Gasteiger partial charge in [-0.2, -0.15) is 0 Å². The number of rotatable bonds is 8. The maximum absolute atomic E-state index is 11.1. The van der Waals surface area contributed by atoms with Gasteiger partial charge in [-0.15, -0.1) is 0 Å². The third-order valence-corrected chi connectivity index (χ3v) is 5.48. The van der Waals surface area contributed by atoms with Crippen LogP contribution < -0.4 is 0 Å². The average molecular weight is 356 g/mol.